The van der Waals surface area contributed by atoms with E-state index >= 15 is 0 Å². The van der Waals surface area contributed by atoms with Crippen LogP contribution in [0.2, 0.25) is 0 Å². The molecule has 1 spiro atoms. The van der Waals surface area contributed by atoms with E-state index in [-0.39, 0.29) is 11.6 Å². The van der Waals surface area contributed by atoms with Crippen LogP contribution in [-0.4, -0.2) is 87.5 Å². The topological polar surface area (TPSA) is 123 Å². The first kappa shape index (κ1) is 35.4. The number of aromatic amines is 1. The SMILES string of the molecule is C=Nc1cc(OC)c(OC)cc1C(=NC)Oc1cnc2[nH]c(C)cc2c1F.CC1=CCCCN1.CCC(=O)N1CCC2(CC1)COC2. The van der Waals surface area contributed by atoms with E-state index < -0.39 is 5.82 Å². The van der Waals surface area contributed by atoms with Crippen molar-refractivity contribution in [3.05, 3.63) is 53.2 Å². The van der Waals surface area contributed by atoms with Crippen LogP contribution < -0.4 is 19.5 Å². The highest BCUT2D eigenvalue weighted by Crippen LogP contribution is 2.38. The van der Waals surface area contributed by atoms with Crippen molar-refractivity contribution in [1.82, 2.24) is 20.2 Å². The largest absolute Gasteiger partial charge is 0.493 e. The highest BCUT2D eigenvalue weighted by Gasteiger charge is 2.41. The van der Waals surface area contributed by atoms with Gasteiger partial charge in [-0.2, -0.15) is 0 Å². The molecule has 2 saturated heterocycles. The second kappa shape index (κ2) is 16.4. The summed E-state index contributed by atoms with van der Waals surface area (Å²) in [6.45, 7) is 14.3. The molecule has 0 bridgehead atoms. The van der Waals surface area contributed by atoms with Crippen molar-refractivity contribution in [1.29, 1.82) is 0 Å². The van der Waals surface area contributed by atoms with Gasteiger partial charge in [0.25, 0.3) is 0 Å². The highest BCUT2D eigenvalue weighted by atomic mass is 19.1. The normalized spacial score (nSPS) is 16.8. The minimum Gasteiger partial charge on any atom is -0.493 e. The Morgan fingerprint density at radius 1 is 1.13 bits per heavy atom. The molecule has 0 atom stereocenters. The molecule has 2 N–H and O–H groups in total. The Hall–Kier alpha value is -4.45. The number of carbonyl (C=O) groups excluding carboxylic acids is 1. The van der Waals surface area contributed by atoms with Gasteiger partial charge in [0.1, 0.15) is 5.65 Å². The lowest BCUT2D eigenvalue weighted by Crippen LogP contribution is -2.51. The summed E-state index contributed by atoms with van der Waals surface area (Å²) in [4.78, 5) is 28.6. The summed E-state index contributed by atoms with van der Waals surface area (Å²) in [5, 5.41) is 3.59. The van der Waals surface area contributed by atoms with Crippen molar-refractivity contribution in [2.24, 2.45) is 15.4 Å². The van der Waals surface area contributed by atoms with E-state index in [9.17, 15) is 9.18 Å². The van der Waals surface area contributed by atoms with Gasteiger partial charge in [-0.3, -0.25) is 14.8 Å². The molecule has 0 radical (unpaired) electrons. The summed E-state index contributed by atoms with van der Waals surface area (Å²) in [7, 11) is 4.56. The number of benzene rings is 1. The fraction of sp³-hybridized carbons (Fsp3) is 0.486. The number of H-pyrrole nitrogens is 1. The third-order valence-electron chi connectivity index (χ3n) is 8.54. The number of aliphatic imine (C=N–C) groups is 2. The highest BCUT2D eigenvalue weighted by molar-refractivity contribution is 6.01. The molecule has 6 rings (SSSR count). The zero-order valence-electron chi connectivity index (χ0n) is 28.4. The van der Waals surface area contributed by atoms with Crippen molar-refractivity contribution in [2.75, 3.05) is 54.1 Å². The average Bonchev–Trinajstić information content (AvgIpc) is 3.48. The van der Waals surface area contributed by atoms with E-state index in [1.165, 1.54) is 52.5 Å². The second-order valence-electron chi connectivity index (χ2n) is 11.8. The van der Waals surface area contributed by atoms with Crippen LogP contribution in [0, 0.1) is 18.2 Å². The number of hydrogen-bond acceptors (Lipinski definition) is 9. The third-order valence-corrected chi connectivity index (χ3v) is 8.54. The van der Waals surface area contributed by atoms with Crippen molar-refractivity contribution < 1.29 is 28.1 Å². The molecule has 12 heteroatoms. The van der Waals surface area contributed by atoms with Crippen molar-refractivity contribution in [2.45, 2.75) is 52.9 Å². The molecule has 1 amide bonds. The Morgan fingerprint density at radius 2 is 1.83 bits per heavy atom. The molecular weight excluding hydrogens is 603 g/mol. The van der Waals surface area contributed by atoms with Crippen LogP contribution in [-0.2, 0) is 9.53 Å². The summed E-state index contributed by atoms with van der Waals surface area (Å²) < 4.78 is 36.4. The molecule has 47 heavy (non-hydrogen) atoms. The molecule has 3 aliphatic rings. The Bertz CT molecular complexity index is 1600. The summed E-state index contributed by atoms with van der Waals surface area (Å²) >= 11 is 0. The fourth-order valence-electron chi connectivity index (χ4n) is 5.64. The molecule has 0 aliphatic carbocycles. The number of nitrogens with zero attached hydrogens (tertiary/aromatic N) is 4. The van der Waals surface area contributed by atoms with Crippen LogP contribution in [0.1, 0.15) is 57.2 Å². The van der Waals surface area contributed by atoms with Gasteiger partial charge in [-0.25, -0.2) is 9.37 Å². The van der Waals surface area contributed by atoms with Gasteiger partial charge in [-0.1, -0.05) is 13.0 Å². The summed E-state index contributed by atoms with van der Waals surface area (Å²) in [6.07, 6.45) is 9.03. The summed E-state index contributed by atoms with van der Waals surface area (Å²) in [5.74, 6) is 0.808. The zero-order valence-corrected chi connectivity index (χ0v) is 28.4. The van der Waals surface area contributed by atoms with Gasteiger partial charge in [0.15, 0.2) is 23.1 Å². The Balaban J connectivity index is 0.000000204. The van der Waals surface area contributed by atoms with E-state index in [1.54, 1.807) is 18.2 Å². The van der Waals surface area contributed by atoms with Crippen LogP contribution in [0.25, 0.3) is 11.0 Å². The van der Waals surface area contributed by atoms with E-state index in [4.69, 9.17) is 18.9 Å². The Kier molecular flexibility index (Phi) is 12.4. The number of pyridine rings is 1. The quantitative estimate of drug-likeness (QED) is 0.243. The molecule has 1 aromatic carbocycles. The molecule has 0 saturated carbocycles. The number of allylic oxidation sites excluding steroid dienone is 2. The number of nitrogens with one attached hydrogen (secondary N) is 2. The molecular formula is C35H47FN6O5. The lowest BCUT2D eigenvalue weighted by Gasteiger charge is -2.47. The first-order valence-corrected chi connectivity index (χ1v) is 15.9. The maximum Gasteiger partial charge on any atom is 0.224 e. The molecule has 3 aromatic rings. The molecule has 5 heterocycles. The molecule has 2 aromatic heterocycles. The zero-order chi connectivity index (χ0) is 34.0. The lowest BCUT2D eigenvalue weighted by molar-refractivity contribution is -0.152. The second-order valence-corrected chi connectivity index (χ2v) is 11.8. The van der Waals surface area contributed by atoms with Gasteiger partial charge >= 0.3 is 0 Å². The number of carbonyl (C=O) groups is 1. The first-order valence-electron chi connectivity index (χ1n) is 15.9. The number of aryl methyl sites for hydroxylation is 1. The molecule has 11 nitrogen and oxygen atoms in total. The van der Waals surface area contributed by atoms with Gasteiger partial charge in [0.2, 0.25) is 11.8 Å². The van der Waals surface area contributed by atoms with Crippen molar-refractivity contribution in [3.8, 4) is 17.2 Å². The standard InChI is InChI=1S/C19H19FN4O3.C10H17NO2.C6H11N/c1-10-6-12-17(20)16(9-23-18(12)24-10)27-19(22-3)11-7-14(25-4)15(26-5)8-13(11)21-2;1-2-9(12)11-5-3-10(4-6-11)7-13-8-10;1-6-4-2-3-5-7-6/h6-9H,2H2,1,3-5H3,(H,23,24);2-8H2,1H3;4,7H,2-3,5H2,1H3. The molecule has 2 fully saturated rings. The maximum absolute atomic E-state index is 14.8. The van der Waals surface area contributed by atoms with Gasteiger partial charge in [-0.05, 0) is 58.4 Å². The number of aromatic nitrogens is 2. The smallest absolute Gasteiger partial charge is 0.224 e. The number of likely N-dealkylation sites (tertiary alicyclic amines) is 1. The van der Waals surface area contributed by atoms with Gasteiger partial charge in [0, 0.05) is 56.0 Å². The number of amides is 1. The minimum absolute atomic E-state index is 0.0492. The molecule has 3 aliphatic heterocycles. The van der Waals surface area contributed by atoms with Crippen molar-refractivity contribution >= 4 is 35.2 Å². The molecule has 0 unspecified atom stereocenters. The summed E-state index contributed by atoms with van der Waals surface area (Å²) in [5.41, 5.74) is 3.98. The van der Waals surface area contributed by atoms with Gasteiger partial charge in [-0.15, -0.1) is 0 Å². The Morgan fingerprint density at radius 3 is 2.34 bits per heavy atom. The van der Waals surface area contributed by atoms with Crippen LogP contribution in [0.15, 0.2) is 46.2 Å². The third kappa shape index (κ3) is 8.68. The van der Waals surface area contributed by atoms with E-state index in [1.807, 2.05) is 18.7 Å². The van der Waals surface area contributed by atoms with Gasteiger partial charge in [0.05, 0.1) is 50.3 Å². The van der Waals surface area contributed by atoms with Crippen LogP contribution in [0.5, 0.6) is 17.2 Å². The number of rotatable bonds is 6. The Labute approximate surface area is 276 Å². The number of halogens is 1. The number of fused-ring (bicyclic) bond motifs is 1. The number of hydrogen-bond donors (Lipinski definition) is 2. The van der Waals surface area contributed by atoms with Gasteiger partial charge < -0.3 is 34.1 Å². The minimum atomic E-state index is -0.529. The van der Waals surface area contributed by atoms with E-state index in [2.05, 4.69) is 45.0 Å². The van der Waals surface area contributed by atoms with E-state index in [0.29, 0.717) is 51.5 Å². The number of methoxy groups -OCH3 is 2. The van der Waals surface area contributed by atoms with Crippen LogP contribution in [0.3, 0.4) is 0 Å². The number of ether oxygens (including phenoxy) is 4. The average molecular weight is 651 g/mol. The maximum atomic E-state index is 14.8. The van der Waals surface area contributed by atoms with E-state index in [0.717, 1.165) is 44.8 Å². The molecule has 254 valence electrons. The predicted molar refractivity (Wildman–Crippen MR) is 183 cm³/mol. The van der Waals surface area contributed by atoms with Crippen LogP contribution in [0.4, 0.5) is 10.1 Å². The monoisotopic (exact) mass is 650 g/mol. The number of piperidine rings is 1. The summed E-state index contributed by atoms with van der Waals surface area (Å²) in [6, 6.07) is 4.96. The lowest BCUT2D eigenvalue weighted by atomic mass is 9.77. The first-order chi connectivity index (χ1) is 22.7. The fourth-order valence-corrected chi connectivity index (χ4v) is 5.64. The van der Waals surface area contributed by atoms with Crippen molar-refractivity contribution in [3.63, 3.8) is 0 Å². The van der Waals surface area contributed by atoms with Crippen LogP contribution >= 0.6 is 0 Å². The predicted octanol–water partition coefficient (Wildman–Crippen LogP) is 6.12.